The van der Waals surface area contributed by atoms with Crippen LogP contribution in [-0.4, -0.2) is 38.0 Å². The van der Waals surface area contributed by atoms with E-state index in [0.29, 0.717) is 13.0 Å². The van der Waals surface area contributed by atoms with Crippen molar-refractivity contribution in [3.05, 3.63) is 0 Å². The van der Waals surface area contributed by atoms with Gasteiger partial charge in [0.2, 0.25) is 5.91 Å². The second-order valence-electron chi connectivity index (χ2n) is 5.94. The molecule has 0 saturated heterocycles. The first kappa shape index (κ1) is 23.7. The Morgan fingerprint density at radius 3 is 2.27 bits per heavy atom. The lowest BCUT2D eigenvalue weighted by atomic mass is 10.1. The van der Waals surface area contributed by atoms with Gasteiger partial charge in [0.1, 0.15) is 0 Å². The molecule has 0 fully saturated rings. The molecule has 0 spiro atoms. The number of hydrogen-bond donors (Lipinski definition) is 3. The second-order valence-corrected chi connectivity index (χ2v) is 5.94. The van der Waals surface area contributed by atoms with Crippen molar-refractivity contribution in [2.24, 2.45) is 10.9 Å². The Kier molecular flexibility index (Phi) is 16.6. The molecule has 1 unspecified atom stereocenters. The lowest BCUT2D eigenvalue weighted by Gasteiger charge is -2.14. The zero-order valence-corrected chi connectivity index (χ0v) is 17.2. The van der Waals surface area contributed by atoms with E-state index in [4.69, 9.17) is 0 Å². The van der Waals surface area contributed by atoms with E-state index in [0.717, 1.165) is 31.3 Å². The number of rotatable bonds is 10. The van der Waals surface area contributed by atoms with Crippen LogP contribution in [0.25, 0.3) is 0 Å². The lowest BCUT2D eigenvalue weighted by Crippen LogP contribution is -2.40. The predicted octanol–water partition coefficient (Wildman–Crippen LogP) is 2.90. The molecule has 0 rings (SSSR count). The molecule has 6 heteroatoms. The Hall–Kier alpha value is -0.530. The number of hydrogen-bond acceptors (Lipinski definition) is 2. The molecule has 0 aliphatic carbocycles. The third kappa shape index (κ3) is 14.4. The molecule has 0 radical (unpaired) electrons. The number of nitrogens with zero attached hydrogens (tertiary/aromatic N) is 1. The number of aliphatic imine (C=N–C) groups is 1. The van der Waals surface area contributed by atoms with E-state index in [9.17, 15) is 4.79 Å². The number of halogens is 1. The molecular weight excluding hydrogens is 391 g/mol. The molecule has 0 bridgehead atoms. The van der Waals surface area contributed by atoms with Crippen LogP contribution in [0.4, 0.5) is 0 Å². The smallest absolute Gasteiger partial charge is 0.221 e. The van der Waals surface area contributed by atoms with Crippen molar-refractivity contribution in [3.8, 4) is 0 Å². The first-order valence-corrected chi connectivity index (χ1v) is 8.23. The van der Waals surface area contributed by atoms with Gasteiger partial charge in [0.25, 0.3) is 0 Å². The van der Waals surface area contributed by atoms with Crippen LogP contribution in [0.5, 0.6) is 0 Å². The molecule has 5 nitrogen and oxygen atoms in total. The molecule has 1 atom stereocenters. The highest BCUT2D eigenvalue weighted by atomic mass is 127. The van der Waals surface area contributed by atoms with Gasteiger partial charge in [0.05, 0.1) is 0 Å². The zero-order chi connectivity index (χ0) is 16.1. The Bertz CT molecular complexity index is 309. The molecule has 0 aromatic carbocycles. The average Bonchev–Trinajstić information content (AvgIpc) is 2.44. The summed E-state index contributed by atoms with van der Waals surface area (Å²) in [4.78, 5) is 15.8. The fourth-order valence-corrected chi connectivity index (χ4v) is 1.85. The number of nitrogens with one attached hydrogen (secondary N) is 3. The maximum atomic E-state index is 11.6. The number of carbonyl (C=O) groups is 1. The molecule has 0 aliphatic heterocycles. The molecule has 132 valence electrons. The minimum atomic E-state index is 0. The Morgan fingerprint density at radius 1 is 1.09 bits per heavy atom. The van der Waals surface area contributed by atoms with Crippen LogP contribution in [-0.2, 0) is 4.79 Å². The van der Waals surface area contributed by atoms with Gasteiger partial charge in [-0.2, -0.15) is 0 Å². The van der Waals surface area contributed by atoms with E-state index >= 15 is 0 Å². The zero-order valence-electron chi connectivity index (χ0n) is 14.9. The minimum Gasteiger partial charge on any atom is -0.356 e. The number of unbranched alkanes of at least 4 members (excludes halogenated alkanes) is 1. The highest BCUT2D eigenvalue weighted by Crippen LogP contribution is 2.04. The van der Waals surface area contributed by atoms with Crippen LogP contribution >= 0.6 is 24.0 Å². The van der Waals surface area contributed by atoms with Crippen molar-refractivity contribution in [1.82, 2.24) is 16.0 Å². The summed E-state index contributed by atoms with van der Waals surface area (Å²) in [5, 5.41) is 9.40. The van der Waals surface area contributed by atoms with Gasteiger partial charge in [-0.1, -0.05) is 33.6 Å². The molecule has 0 aromatic rings. The molecule has 22 heavy (non-hydrogen) atoms. The monoisotopic (exact) mass is 426 g/mol. The summed E-state index contributed by atoms with van der Waals surface area (Å²) in [7, 11) is 1.75. The Labute approximate surface area is 153 Å². The van der Waals surface area contributed by atoms with Gasteiger partial charge in [-0.15, -0.1) is 24.0 Å². The van der Waals surface area contributed by atoms with Crippen LogP contribution in [0, 0.1) is 5.92 Å². The van der Waals surface area contributed by atoms with Crippen molar-refractivity contribution >= 4 is 35.8 Å². The van der Waals surface area contributed by atoms with Crippen LogP contribution < -0.4 is 16.0 Å². The van der Waals surface area contributed by atoms with E-state index in [1.807, 2.05) is 6.92 Å². The van der Waals surface area contributed by atoms with Gasteiger partial charge in [-0.05, 0) is 25.7 Å². The van der Waals surface area contributed by atoms with Gasteiger partial charge < -0.3 is 16.0 Å². The van der Waals surface area contributed by atoms with E-state index < -0.39 is 0 Å². The van der Waals surface area contributed by atoms with Gasteiger partial charge in [-0.25, -0.2) is 0 Å². The van der Waals surface area contributed by atoms with Gasteiger partial charge >= 0.3 is 0 Å². The van der Waals surface area contributed by atoms with Gasteiger partial charge in [0, 0.05) is 32.6 Å². The molecule has 0 aromatic heterocycles. The summed E-state index contributed by atoms with van der Waals surface area (Å²) < 4.78 is 0. The topological polar surface area (TPSA) is 65.5 Å². The summed E-state index contributed by atoms with van der Waals surface area (Å²) in [6.45, 7) is 10.1. The summed E-state index contributed by atoms with van der Waals surface area (Å²) in [5.41, 5.74) is 0. The maximum Gasteiger partial charge on any atom is 0.221 e. The van der Waals surface area contributed by atoms with Crippen molar-refractivity contribution in [2.45, 2.75) is 65.8 Å². The third-order valence-electron chi connectivity index (χ3n) is 3.39. The fraction of sp³-hybridized carbons (Fsp3) is 0.875. The summed E-state index contributed by atoms with van der Waals surface area (Å²) >= 11 is 0. The highest BCUT2D eigenvalue weighted by Gasteiger charge is 2.05. The molecule has 0 saturated carbocycles. The Balaban J connectivity index is 0. The van der Waals surface area contributed by atoms with E-state index in [1.165, 1.54) is 12.8 Å². The van der Waals surface area contributed by atoms with Gasteiger partial charge in [-0.3, -0.25) is 9.79 Å². The molecular formula is C16H35IN4O. The standard InChI is InChI=1S/C16H34N4O.HI/c1-6-14(4)20-15(21)10-12-19-16(17-5)18-11-8-7-9-13(2)3;/h13-14H,6-12H2,1-5H3,(H,20,21)(H2,17,18,19);1H. The highest BCUT2D eigenvalue weighted by molar-refractivity contribution is 14.0. The largest absolute Gasteiger partial charge is 0.356 e. The minimum absolute atomic E-state index is 0. The molecule has 3 N–H and O–H groups in total. The Morgan fingerprint density at radius 2 is 1.73 bits per heavy atom. The quantitative estimate of drug-likeness (QED) is 0.218. The molecule has 0 heterocycles. The maximum absolute atomic E-state index is 11.6. The van der Waals surface area contributed by atoms with Crippen molar-refractivity contribution in [3.63, 3.8) is 0 Å². The van der Waals surface area contributed by atoms with Crippen LogP contribution in [0.15, 0.2) is 4.99 Å². The summed E-state index contributed by atoms with van der Waals surface area (Å²) in [6.07, 6.45) is 5.08. The van der Waals surface area contributed by atoms with E-state index in [2.05, 4.69) is 41.7 Å². The van der Waals surface area contributed by atoms with Crippen LogP contribution in [0.3, 0.4) is 0 Å². The van der Waals surface area contributed by atoms with Gasteiger partial charge in [0.15, 0.2) is 5.96 Å². The fourth-order valence-electron chi connectivity index (χ4n) is 1.85. The summed E-state index contributed by atoms with van der Waals surface area (Å²) in [6, 6.07) is 0.246. The predicted molar refractivity (Wildman–Crippen MR) is 106 cm³/mol. The third-order valence-corrected chi connectivity index (χ3v) is 3.39. The van der Waals surface area contributed by atoms with E-state index in [-0.39, 0.29) is 35.9 Å². The van der Waals surface area contributed by atoms with Crippen LogP contribution in [0.2, 0.25) is 0 Å². The second kappa shape index (κ2) is 15.4. The normalized spacial score (nSPS) is 12.5. The number of amides is 1. The SMILES string of the molecule is CCC(C)NC(=O)CCNC(=NC)NCCCCC(C)C.I. The molecule has 1 amide bonds. The molecule has 0 aliphatic rings. The number of carbonyl (C=O) groups excluding carboxylic acids is 1. The number of guanidine groups is 1. The first-order valence-electron chi connectivity index (χ1n) is 8.23. The van der Waals surface area contributed by atoms with Crippen molar-refractivity contribution in [1.29, 1.82) is 0 Å². The first-order chi connectivity index (χ1) is 9.99. The van der Waals surface area contributed by atoms with E-state index in [1.54, 1.807) is 7.05 Å². The van der Waals surface area contributed by atoms with Crippen LogP contribution in [0.1, 0.15) is 59.8 Å². The van der Waals surface area contributed by atoms with Crippen molar-refractivity contribution < 1.29 is 4.79 Å². The lowest BCUT2D eigenvalue weighted by molar-refractivity contribution is -0.121. The van der Waals surface area contributed by atoms with Crippen molar-refractivity contribution in [2.75, 3.05) is 20.1 Å². The average molecular weight is 426 g/mol. The summed E-state index contributed by atoms with van der Waals surface area (Å²) in [5.74, 6) is 1.63.